The van der Waals surface area contributed by atoms with Gasteiger partial charge in [-0.1, -0.05) is 47.5 Å². The van der Waals surface area contributed by atoms with Gasteiger partial charge in [0.1, 0.15) is 17.8 Å². The summed E-state index contributed by atoms with van der Waals surface area (Å²) in [5.41, 5.74) is 2.96. The number of amides is 3. The molecule has 36 heavy (non-hydrogen) atoms. The van der Waals surface area contributed by atoms with Crippen molar-refractivity contribution in [2.24, 2.45) is 0 Å². The van der Waals surface area contributed by atoms with Gasteiger partial charge in [-0.3, -0.25) is 4.79 Å². The second kappa shape index (κ2) is 10.1. The van der Waals surface area contributed by atoms with E-state index < -0.39 is 6.03 Å². The van der Waals surface area contributed by atoms with Crippen molar-refractivity contribution in [3.63, 3.8) is 0 Å². The highest BCUT2D eigenvalue weighted by Gasteiger charge is 2.14. The first-order valence-electron chi connectivity index (χ1n) is 10.8. The number of fused-ring (bicyclic) bond motifs is 1. The fraction of sp³-hybridized carbons (Fsp3) is 0. The molecule has 0 unspecified atom stereocenters. The van der Waals surface area contributed by atoms with Gasteiger partial charge in [0.05, 0.1) is 21.1 Å². The van der Waals surface area contributed by atoms with E-state index in [4.69, 9.17) is 23.2 Å². The number of carbonyl (C=O) groups excluding carboxylic acids is 2. The van der Waals surface area contributed by atoms with Crippen LogP contribution in [0.1, 0.15) is 10.4 Å². The molecule has 3 amide bonds. The maximum Gasteiger partial charge on any atom is 0.323 e. The highest BCUT2D eigenvalue weighted by Crippen LogP contribution is 2.30. The molecule has 0 saturated heterocycles. The molecule has 0 bridgehead atoms. The van der Waals surface area contributed by atoms with E-state index in [-0.39, 0.29) is 10.9 Å². The zero-order chi connectivity index (χ0) is 25.1. The molecule has 0 fully saturated rings. The van der Waals surface area contributed by atoms with E-state index in [9.17, 15) is 9.59 Å². The van der Waals surface area contributed by atoms with E-state index in [1.54, 1.807) is 54.6 Å². The van der Waals surface area contributed by atoms with E-state index in [1.807, 2.05) is 35.0 Å². The van der Waals surface area contributed by atoms with Crippen LogP contribution >= 0.6 is 23.2 Å². The lowest BCUT2D eigenvalue weighted by molar-refractivity contribution is 0.102. The van der Waals surface area contributed by atoms with Crippen molar-refractivity contribution in [2.75, 3.05) is 16.0 Å². The van der Waals surface area contributed by atoms with Crippen LogP contribution < -0.4 is 16.0 Å². The second-order valence-corrected chi connectivity index (χ2v) is 8.48. The predicted octanol–water partition coefficient (Wildman–Crippen LogP) is 6.62. The van der Waals surface area contributed by atoms with Crippen LogP contribution in [0.15, 0.2) is 91.4 Å². The van der Waals surface area contributed by atoms with Crippen molar-refractivity contribution < 1.29 is 9.59 Å². The molecule has 3 aromatic carbocycles. The summed E-state index contributed by atoms with van der Waals surface area (Å²) < 4.78 is 1.87. The van der Waals surface area contributed by atoms with E-state index >= 15 is 0 Å². The van der Waals surface area contributed by atoms with Crippen molar-refractivity contribution in [1.29, 1.82) is 0 Å². The summed E-state index contributed by atoms with van der Waals surface area (Å²) in [6, 6.07) is 22.5. The Bertz CT molecular complexity index is 1570. The third-order valence-corrected chi connectivity index (χ3v) is 6.17. The van der Waals surface area contributed by atoms with Gasteiger partial charge >= 0.3 is 6.03 Å². The van der Waals surface area contributed by atoms with Gasteiger partial charge in [0.15, 0.2) is 0 Å². The molecular formula is C26H18Cl2N6O2. The Morgan fingerprint density at radius 3 is 2.33 bits per heavy atom. The molecule has 0 spiro atoms. The number of halogens is 2. The van der Waals surface area contributed by atoms with Crippen molar-refractivity contribution in [2.45, 2.75) is 0 Å². The normalized spacial score (nSPS) is 10.7. The molecule has 5 aromatic rings. The Morgan fingerprint density at radius 1 is 0.778 bits per heavy atom. The topological polar surface area (TPSA) is 101 Å². The van der Waals surface area contributed by atoms with E-state index in [2.05, 4.69) is 25.9 Å². The zero-order valence-corrected chi connectivity index (χ0v) is 20.1. The van der Waals surface area contributed by atoms with Gasteiger partial charge in [0.25, 0.3) is 5.91 Å². The number of nitrogens with zero attached hydrogens (tertiary/aromatic N) is 3. The van der Waals surface area contributed by atoms with Crippen LogP contribution in [0.25, 0.3) is 16.7 Å². The number of benzene rings is 3. The number of hydrogen-bond donors (Lipinski definition) is 3. The van der Waals surface area contributed by atoms with Crippen LogP contribution in [0.2, 0.25) is 10.0 Å². The molecule has 8 nitrogen and oxygen atoms in total. The number of nitrogens with one attached hydrogen (secondary N) is 3. The van der Waals surface area contributed by atoms with Crippen LogP contribution in [-0.4, -0.2) is 26.5 Å². The van der Waals surface area contributed by atoms with Crippen LogP contribution in [0.4, 0.5) is 22.0 Å². The number of rotatable bonds is 5. The van der Waals surface area contributed by atoms with Gasteiger partial charge in [0, 0.05) is 23.1 Å². The molecule has 5 rings (SSSR count). The maximum absolute atomic E-state index is 12.6. The molecule has 0 radical (unpaired) electrons. The molecule has 2 heterocycles. The standard InChI is InChI=1S/C26H18Cl2N6O2/c27-20-7-4-8-21(22(20)28)32-26(36)31-17-9-11-18(12-10-17)34-14-13-19-23(29-15-30-24(19)34)33-25(35)16-5-2-1-3-6-16/h1-15H,(H2,31,32,36)(H,29,30,33,35). The minimum Gasteiger partial charge on any atom is -0.308 e. The average Bonchev–Trinajstić information content (AvgIpc) is 3.33. The summed E-state index contributed by atoms with van der Waals surface area (Å²) in [4.78, 5) is 33.6. The lowest BCUT2D eigenvalue weighted by Gasteiger charge is -2.11. The highest BCUT2D eigenvalue weighted by atomic mass is 35.5. The lowest BCUT2D eigenvalue weighted by atomic mass is 10.2. The summed E-state index contributed by atoms with van der Waals surface area (Å²) >= 11 is 12.1. The van der Waals surface area contributed by atoms with Crippen LogP contribution in [-0.2, 0) is 0 Å². The van der Waals surface area contributed by atoms with Crippen molar-refractivity contribution >= 4 is 63.4 Å². The molecule has 0 saturated carbocycles. The molecule has 10 heteroatoms. The second-order valence-electron chi connectivity index (χ2n) is 7.69. The Balaban J connectivity index is 1.32. The van der Waals surface area contributed by atoms with Crippen molar-refractivity contribution in [1.82, 2.24) is 14.5 Å². The average molecular weight is 517 g/mol. The first-order chi connectivity index (χ1) is 17.5. The van der Waals surface area contributed by atoms with Gasteiger partial charge in [-0.15, -0.1) is 0 Å². The van der Waals surface area contributed by atoms with Gasteiger partial charge in [-0.2, -0.15) is 0 Å². The van der Waals surface area contributed by atoms with Crippen molar-refractivity contribution in [3.05, 3.63) is 107 Å². The third kappa shape index (κ3) is 4.86. The number of carbonyl (C=O) groups is 2. The maximum atomic E-state index is 12.6. The number of urea groups is 1. The molecule has 3 N–H and O–H groups in total. The SMILES string of the molecule is O=C(Nc1ccc(-n2ccc3c(NC(=O)c4ccccc4)ncnc32)cc1)Nc1cccc(Cl)c1Cl. The van der Waals surface area contributed by atoms with Crippen LogP contribution in [0.5, 0.6) is 0 Å². The van der Waals surface area contributed by atoms with Gasteiger partial charge in [0.2, 0.25) is 0 Å². The molecule has 0 aliphatic rings. The summed E-state index contributed by atoms with van der Waals surface area (Å²) in [5.74, 6) is 0.165. The minimum atomic E-state index is -0.454. The Hall–Kier alpha value is -4.40. The summed E-state index contributed by atoms with van der Waals surface area (Å²) in [5, 5.41) is 9.60. The summed E-state index contributed by atoms with van der Waals surface area (Å²) in [6.07, 6.45) is 3.24. The molecule has 2 aromatic heterocycles. The third-order valence-electron chi connectivity index (χ3n) is 5.35. The minimum absolute atomic E-state index is 0.254. The lowest BCUT2D eigenvalue weighted by Crippen LogP contribution is -2.19. The summed E-state index contributed by atoms with van der Waals surface area (Å²) in [7, 11) is 0. The van der Waals surface area contributed by atoms with E-state index in [1.165, 1.54) is 6.33 Å². The van der Waals surface area contributed by atoms with Gasteiger partial charge in [-0.25, -0.2) is 14.8 Å². The fourth-order valence-corrected chi connectivity index (χ4v) is 3.97. The predicted molar refractivity (Wildman–Crippen MR) is 142 cm³/mol. The summed E-state index contributed by atoms with van der Waals surface area (Å²) in [6.45, 7) is 0. The monoisotopic (exact) mass is 516 g/mol. The molecule has 178 valence electrons. The number of anilines is 3. The first kappa shape index (κ1) is 23.3. The number of hydrogen-bond acceptors (Lipinski definition) is 4. The van der Waals surface area contributed by atoms with Gasteiger partial charge in [-0.05, 0) is 54.6 Å². The van der Waals surface area contributed by atoms with Crippen LogP contribution in [0, 0.1) is 0 Å². The quantitative estimate of drug-likeness (QED) is 0.244. The smallest absolute Gasteiger partial charge is 0.308 e. The molecular weight excluding hydrogens is 499 g/mol. The fourth-order valence-electron chi connectivity index (χ4n) is 3.62. The van der Waals surface area contributed by atoms with Gasteiger partial charge < -0.3 is 20.5 Å². The molecule has 0 atom stereocenters. The Morgan fingerprint density at radius 2 is 1.56 bits per heavy atom. The molecule has 0 aliphatic heterocycles. The zero-order valence-electron chi connectivity index (χ0n) is 18.6. The number of aromatic nitrogens is 3. The van der Waals surface area contributed by atoms with Crippen LogP contribution in [0.3, 0.4) is 0 Å². The van der Waals surface area contributed by atoms with E-state index in [0.717, 1.165) is 5.69 Å². The molecule has 0 aliphatic carbocycles. The highest BCUT2D eigenvalue weighted by molar-refractivity contribution is 6.44. The largest absolute Gasteiger partial charge is 0.323 e. The Kier molecular flexibility index (Phi) is 6.53. The van der Waals surface area contributed by atoms with Crippen molar-refractivity contribution in [3.8, 4) is 5.69 Å². The van der Waals surface area contributed by atoms with E-state index in [0.29, 0.717) is 38.8 Å². The first-order valence-corrected chi connectivity index (χ1v) is 11.6. The Labute approximate surface area is 215 Å².